The number of aromatic nitrogens is 1. The highest BCUT2D eigenvalue weighted by atomic mass is 79.9. The number of carbonyl (C=O) groups is 1. The lowest BCUT2D eigenvalue weighted by Crippen LogP contribution is -1.95. The third kappa shape index (κ3) is 3.11. The number of hydrogen-bond acceptors (Lipinski definition) is 2. The molecule has 13 heavy (non-hydrogen) atoms. The molecule has 0 aliphatic carbocycles. The fourth-order valence-electron chi connectivity index (χ4n) is 0.892. The maximum atomic E-state index is 11.5. The van der Waals surface area contributed by atoms with Gasteiger partial charge in [0.15, 0.2) is 5.78 Å². The van der Waals surface area contributed by atoms with Crippen LogP contribution in [0.1, 0.15) is 24.2 Å². The van der Waals surface area contributed by atoms with Crippen LogP contribution in [0.25, 0.3) is 0 Å². The lowest BCUT2D eigenvalue weighted by atomic mass is 10.1. The average Bonchev–Trinajstić information content (AvgIpc) is 2.03. The Balaban J connectivity index is 2.96. The SMILES string of the molecule is CC(C)=CC(=O)c1cncc(Br)c1. The monoisotopic (exact) mass is 239 g/mol. The first-order chi connectivity index (χ1) is 6.09. The maximum Gasteiger partial charge on any atom is 0.187 e. The number of rotatable bonds is 2. The Kier molecular flexibility index (Phi) is 3.37. The predicted molar refractivity (Wildman–Crippen MR) is 55.7 cm³/mol. The molecule has 0 fully saturated rings. The first-order valence-electron chi connectivity index (χ1n) is 3.89. The molecule has 1 heterocycles. The molecule has 0 unspecified atom stereocenters. The second-order valence-electron chi connectivity index (χ2n) is 2.98. The zero-order chi connectivity index (χ0) is 9.84. The van der Waals surface area contributed by atoms with Crippen LogP contribution in [-0.4, -0.2) is 10.8 Å². The summed E-state index contributed by atoms with van der Waals surface area (Å²) >= 11 is 3.26. The van der Waals surface area contributed by atoms with E-state index in [2.05, 4.69) is 20.9 Å². The molecule has 0 amide bonds. The summed E-state index contributed by atoms with van der Waals surface area (Å²) < 4.78 is 0.820. The van der Waals surface area contributed by atoms with Crippen LogP contribution in [0.15, 0.2) is 34.6 Å². The van der Waals surface area contributed by atoms with E-state index >= 15 is 0 Å². The van der Waals surface area contributed by atoms with Crippen molar-refractivity contribution in [3.63, 3.8) is 0 Å². The highest BCUT2D eigenvalue weighted by molar-refractivity contribution is 9.10. The van der Waals surface area contributed by atoms with Gasteiger partial charge >= 0.3 is 0 Å². The van der Waals surface area contributed by atoms with Gasteiger partial charge in [-0.15, -0.1) is 0 Å². The highest BCUT2D eigenvalue weighted by Gasteiger charge is 2.02. The molecule has 2 nitrogen and oxygen atoms in total. The standard InChI is InChI=1S/C10H10BrNO/c1-7(2)3-10(13)8-4-9(11)6-12-5-8/h3-6H,1-2H3. The number of pyridine rings is 1. The summed E-state index contributed by atoms with van der Waals surface area (Å²) in [7, 11) is 0. The first-order valence-corrected chi connectivity index (χ1v) is 4.68. The molecule has 1 aromatic heterocycles. The second-order valence-corrected chi connectivity index (χ2v) is 3.89. The van der Waals surface area contributed by atoms with Crippen molar-refractivity contribution in [3.8, 4) is 0 Å². The molecule has 0 aliphatic heterocycles. The summed E-state index contributed by atoms with van der Waals surface area (Å²) in [5.41, 5.74) is 1.60. The van der Waals surface area contributed by atoms with Gasteiger partial charge in [-0.25, -0.2) is 0 Å². The molecule has 0 spiro atoms. The van der Waals surface area contributed by atoms with Crippen LogP contribution in [-0.2, 0) is 0 Å². The number of allylic oxidation sites excluding steroid dienone is 2. The Morgan fingerprint density at radius 1 is 1.46 bits per heavy atom. The van der Waals surface area contributed by atoms with Crippen LogP contribution in [0.3, 0.4) is 0 Å². The van der Waals surface area contributed by atoms with E-state index < -0.39 is 0 Å². The Labute approximate surface area is 85.8 Å². The molecule has 68 valence electrons. The van der Waals surface area contributed by atoms with E-state index in [1.807, 2.05) is 13.8 Å². The minimum absolute atomic E-state index is 0.00574. The fourth-order valence-corrected chi connectivity index (χ4v) is 1.26. The van der Waals surface area contributed by atoms with E-state index in [0.717, 1.165) is 10.0 Å². The van der Waals surface area contributed by atoms with Gasteiger partial charge in [0.2, 0.25) is 0 Å². The maximum absolute atomic E-state index is 11.5. The third-order valence-electron chi connectivity index (χ3n) is 1.41. The molecule has 0 aromatic carbocycles. The van der Waals surface area contributed by atoms with Crippen LogP contribution in [0.4, 0.5) is 0 Å². The van der Waals surface area contributed by atoms with Crippen molar-refractivity contribution < 1.29 is 4.79 Å². The van der Waals surface area contributed by atoms with Crippen LogP contribution in [0.5, 0.6) is 0 Å². The minimum atomic E-state index is -0.00574. The molecular formula is C10H10BrNO. The number of halogens is 1. The molecule has 1 rings (SSSR count). The molecule has 0 bridgehead atoms. The van der Waals surface area contributed by atoms with Crippen LogP contribution in [0.2, 0.25) is 0 Å². The quantitative estimate of drug-likeness (QED) is 0.587. The van der Waals surface area contributed by atoms with Crippen LogP contribution < -0.4 is 0 Å². The first kappa shape index (κ1) is 10.1. The van der Waals surface area contributed by atoms with Gasteiger partial charge < -0.3 is 0 Å². The second kappa shape index (κ2) is 4.33. The zero-order valence-electron chi connectivity index (χ0n) is 7.54. The van der Waals surface area contributed by atoms with Gasteiger partial charge in [0.1, 0.15) is 0 Å². The Hall–Kier alpha value is -0.960. The summed E-state index contributed by atoms with van der Waals surface area (Å²) in [6.07, 6.45) is 4.81. The van der Waals surface area contributed by atoms with Gasteiger partial charge in [-0.1, -0.05) is 5.57 Å². The molecule has 0 atom stereocenters. The van der Waals surface area contributed by atoms with Gasteiger partial charge in [-0.3, -0.25) is 9.78 Å². The average molecular weight is 240 g/mol. The minimum Gasteiger partial charge on any atom is -0.289 e. The molecule has 0 N–H and O–H groups in total. The summed E-state index contributed by atoms with van der Waals surface area (Å²) in [5, 5.41) is 0. The number of nitrogens with zero attached hydrogens (tertiary/aromatic N) is 1. The van der Waals surface area contributed by atoms with E-state index in [0.29, 0.717) is 5.56 Å². The third-order valence-corrected chi connectivity index (χ3v) is 1.84. The fraction of sp³-hybridized carbons (Fsp3) is 0.200. The molecule has 0 saturated carbocycles. The summed E-state index contributed by atoms with van der Waals surface area (Å²) in [6.45, 7) is 3.78. The van der Waals surface area contributed by atoms with Gasteiger partial charge in [0.05, 0.1) is 0 Å². The van der Waals surface area contributed by atoms with Crippen LogP contribution >= 0.6 is 15.9 Å². The molecule has 3 heteroatoms. The predicted octanol–water partition coefficient (Wildman–Crippen LogP) is 2.99. The summed E-state index contributed by atoms with van der Waals surface area (Å²) in [4.78, 5) is 15.4. The van der Waals surface area contributed by atoms with Crippen LogP contribution in [0, 0.1) is 0 Å². The highest BCUT2D eigenvalue weighted by Crippen LogP contribution is 2.10. The van der Waals surface area contributed by atoms with Gasteiger partial charge in [0, 0.05) is 22.4 Å². The largest absolute Gasteiger partial charge is 0.289 e. The van der Waals surface area contributed by atoms with Crippen molar-refractivity contribution in [2.24, 2.45) is 0 Å². The zero-order valence-corrected chi connectivity index (χ0v) is 9.13. The van der Waals surface area contributed by atoms with E-state index in [9.17, 15) is 4.79 Å². The molecule has 0 radical (unpaired) electrons. The molecular weight excluding hydrogens is 230 g/mol. The van der Waals surface area contributed by atoms with E-state index in [4.69, 9.17) is 0 Å². The molecule has 0 aliphatic rings. The van der Waals surface area contributed by atoms with Gasteiger partial charge in [-0.2, -0.15) is 0 Å². The van der Waals surface area contributed by atoms with Crippen molar-refractivity contribution >= 4 is 21.7 Å². The van der Waals surface area contributed by atoms with Crippen molar-refractivity contribution in [1.29, 1.82) is 0 Å². The van der Waals surface area contributed by atoms with E-state index in [1.54, 1.807) is 24.5 Å². The number of carbonyl (C=O) groups excluding carboxylic acids is 1. The van der Waals surface area contributed by atoms with Crippen molar-refractivity contribution in [2.45, 2.75) is 13.8 Å². The van der Waals surface area contributed by atoms with Crippen molar-refractivity contribution in [2.75, 3.05) is 0 Å². The lowest BCUT2D eigenvalue weighted by Gasteiger charge is -1.96. The number of hydrogen-bond donors (Lipinski definition) is 0. The molecule has 1 aromatic rings. The Morgan fingerprint density at radius 2 is 2.15 bits per heavy atom. The molecule has 0 saturated heterocycles. The van der Waals surface area contributed by atoms with E-state index in [-0.39, 0.29) is 5.78 Å². The van der Waals surface area contributed by atoms with Gasteiger partial charge in [-0.05, 0) is 41.9 Å². The topological polar surface area (TPSA) is 30.0 Å². The smallest absolute Gasteiger partial charge is 0.187 e. The summed E-state index contributed by atoms with van der Waals surface area (Å²) in [6, 6.07) is 1.76. The van der Waals surface area contributed by atoms with Crippen molar-refractivity contribution in [1.82, 2.24) is 4.98 Å². The van der Waals surface area contributed by atoms with E-state index in [1.165, 1.54) is 0 Å². The lowest BCUT2D eigenvalue weighted by molar-refractivity contribution is 0.104. The Bertz CT molecular complexity index is 354. The summed E-state index contributed by atoms with van der Waals surface area (Å²) in [5.74, 6) is -0.00574. The Morgan fingerprint density at radius 3 is 2.69 bits per heavy atom. The number of ketones is 1. The van der Waals surface area contributed by atoms with Crippen molar-refractivity contribution in [3.05, 3.63) is 40.1 Å². The van der Waals surface area contributed by atoms with Gasteiger partial charge in [0.25, 0.3) is 0 Å². The normalized spacial score (nSPS) is 9.46.